The van der Waals surface area contributed by atoms with Gasteiger partial charge in [-0.25, -0.2) is 13.6 Å². The molecule has 0 amide bonds. The molecule has 0 N–H and O–H groups in total. The minimum Gasteiger partial charge on any atom is -0.429 e. The number of carbonyl (C=O) groups is 1. The van der Waals surface area contributed by atoms with Crippen LogP contribution in [-0.4, -0.2) is 35.6 Å². The highest BCUT2D eigenvalue weighted by molar-refractivity contribution is 5.61. The first-order valence-electron chi connectivity index (χ1n) is 7.86. The second kappa shape index (κ2) is 5.85. The van der Waals surface area contributed by atoms with E-state index >= 15 is 0 Å². The SMILES string of the molecule is CC(C)(C)OC(=O)OC(C1C2CCC(C2)C1(F)F)(C(F)(F)F)C(F)(F)F. The Morgan fingerprint density at radius 1 is 0.923 bits per heavy atom. The van der Waals surface area contributed by atoms with E-state index in [0.717, 1.165) is 0 Å². The fourth-order valence-corrected chi connectivity index (χ4v) is 3.93. The Morgan fingerprint density at radius 3 is 1.77 bits per heavy atom. The van der Waals surface area contributed by atoms with Gasteiger partial charge in [0.1, 0.15) is 5.60 Å². The molecule has 0 saturated heterocycles. The summed E-state index contributed by atoms with van der Waals surface area (Å²) in [5, 5.41) is 0. The Hall–Kier alpha value is -1.29. The van der Waals surface area contributed by atoms with Crippen molar-refractivity contribution in [2.75, 3.05) is 0 Å². The smallest absolute Gasteiger partial charge is 0.429 e. The molecule has 2 fully saturated rings. The van der Waals surface area contributed by atoms with Gasteiger partial charge in [-0.2, -0.15) is 26.3 Å². The molecular formula is C15H18F8O3. The van der Waals surface area contributed by atoms with E-state index in [0.29, 0.717) is 0 Å². The first-order valence-corrected chi connectivity index (χ1v) is 7.86. The van der Waals surface area contributed by atoms with E-state index in [-0.39, 0.29) is 12.8 Å². The molecule has 2 saturated carbocycles. The number of carbonyl (C=O) groups excluding carboxylic acids is 1. The van der Waals surface area contributed by atoms with E-state index < -0.39 is 59.8 Å². The molecule has 0 aromatic heterocycles. The van der Waals surface area contributed by atoms with Crippen LogP contribution in [0.25, 0.3) is 0 Å². The maximum Gasteiger partial charge on any atom is 0.510 e. The highest BCUT2D eigenvalue weighted by Gasteiger charge is 2.85. The second-order valence-electron chi connectivity index (χ2n) is 7.72. The maximum atomic E-state index is 14.4. The lowest BCUT2D eigenvalue weighted by Crippen LogP contribution is -2.69. The average molecular weight is 398 g/mol. The third kappa shape index (κ3) is 3.21. The fourth-order valence-electron chi connectivity index (χ4n) is 3.93. The van der Waals surface area contributed by atoms with Crippen LogP contribution in [0.1, 0.15) is 40.0 Å². The fraction of sp³-hybridized carbons (Fsp3) is 0.933. The zero-order valence-corrected chi connectivity index (χ0v) is 14.1. The first kappa shape index (κ1) is 21.0. The molecule has 0 aromatic rings. The normalized spacial score (nSPS) is 29.0. The van der Waals surface area contributed by atoms with Crippen LogP contribution in [0.4, 0.5) is 39.9 Å². The van der Waals surface area contributed by atoms with E-state index in [1.54, 1.807) is 0 Å². The van der Waals surface area contributed by atoms with Gasteiger partial charge in [-0.05, 0) is 46.0 Å². The van der Waals surface area contributed by atoms with Crippen molar-refractivity contribution in [1.29, 1.82) is 0 Å². The molecule has 3 atom stereocenters. The van der Waals surface area contributed by atoms with Crippen LogP contribution in [-0.2, 0) is 9.47 Å². The molecule has 0 heterocycles. The van der Waals surface area contributed by atoms with E-state index in [4.69, 9.17) is 0 Å². The maximum absolute atomic E-state index is 14.4. The molecule has 152 valence electrons. The summed E-state index contributed by atoms with van der Waals surface area (Å²) < 4.78 is 119. The molecule has 0 radical (unpaired) electrons. The van der Waals surface area contributed by atoms with Gasteiger partial charge in [0.05, 0.1) is 5.92 Å². The molecule has 11 heteroatoms. The van der Waals surface area contributed by atoms with Gasteiger partial charge in [0, 0.05) is 5.92 Å². The minimum atomic E-state index is -6.30. The summed E-state index contributed by atoms with van der Waals surface area (Å²) in [6.45, 7) is 3.55. The third-order valence-corrected chi connectivity index (χ3v) is 4.82. The zero-order chi connectivity index (χ0) is 20.3. The summed E-state index contributed by atoms with van der Waals surface area (Å²) in [7, 11) is 0. The molecule has 3 unspecified atom stereocenters. The van der Waals surface area contributed by atoms with Crippen molar-refractivity contribution in [1.82, 2.24) is 0 Å². The number of ether oxygens (including phenoxy) is 2. The van der Waals surface area contributed by atoms with Crippen molar-refractivity contribution in [3.63, 3.8) is 0 Å². The van der Waals surface area contributed by atoms with Gasteiger partial charge >= 0.3 is 24.1 Å². The summed E-state index contributed by atoms with van der Waals surface area (Å²) in [6, 6.07) is 0. The predicted molar refractivity (Wildman–Crippen MR) is 71.4 cm³/mol. The van der Waals surface area contributed by atoms with Gasteiger partial charge in [-0.15, -0.1) is 0 Å². The molecule has 0 aromatic carbocycles. The molecule has 2 aliphatic rings. The van der Waals surface area contributed by atoms with Crippen LogP contribution in [0, 0.1) is 17.8 Å². The molecule has 0 aliphatic heterocycles. The van der Waals surface area contributed by atoms with Gasteiger partial charge < -0.3 is 9.47 Å². The predicted octanol–water partition coefficient (Wildman–Crippen LogP) is 5.48. The summed E-state index contributed by atoms with van der Waals surface area (Å²) in [4.78, 5) is 11.7. The lowest BCUT2D eigenvalue weighted by atomic mass is 9.72. The van der Waals surface area contributed by atoms with Gasteiger partial charge in [-0.3, -0.25) is 0 Å². The lowest BCUT2D eigenvalue weighted by molar-refractivity contribution is -0.405. The number of halogens is 8. The van der Waals surface area contributed by atoms with Crippen LogP contribution in [0.2, 0.25) is 0 Å². The van der Waals surface area contributed by atoms with Crippen LogP contribution >= 0.6 is 0 Å². The summed E-state index contributed by atoms with van der Waals surface area (Å²) >= 11 is 0. The number of hydrogen-bond donors (Lipinski definition) is 0. The average Bonchev–Trinajstić information content (AvgIpc) is 2.89. The zero-order valence-electron chi connectivity index (χ0n) is 14.1. The number of fused-ring (bicyclic) bond motifs is 2. The Bertz CT molecular complexity index is 547. The number of rotatable bonds is 2. The summed E-state index contributed by atoms with van der Waals surface area (Å²) in [5.41, 5.74) is -6.82. The standard InChI is InChI=1S/C15H18F8O3/c1-11(2,3)25-10(24)26-13(14(18,19)20,15(21,22)23)9-7-4-5-8(6-7)12(9,16)17/h7-9H,4-6H2,1-3H3. The molecule has 0 spiro atoms. The van der Waals surface area contributed by atoms with Gasteiger partial charge in [0.25, 0.3) is 5.92 Å². The van der Waals surface area contributed by atoms with Crippen molar-refractivity contribution in [3.05, 3.63) is 0 Å². The van der Waals surface area contributed by atoms with E-state index in [1.165, 1.54) is 20.8 Å². The van der Waals surface area contributed by atoms with Crippen LogP contribution in [0.3, 0.4) is 0 Å². The van der Waals surface area contributed by atoms with Crippen molar-refractivity contribution in [3.8, 4) is 0 Å². The Labute approximate surface area is 144 Å². The molecule has 26 heavy (non-hydrogen) atoms. The van der Waals surface area contributed by atoms with Gasteiger partial charge in [-0.1, -0.05) is 0 Å². The lowest BCUT2D eigenvalue weighted by Gasteiger charge is -2.46. The first-order chi connectivity index (χ1) is 11.4. The second-order valence-corrected chi connectivity index (χ2v) is 7.72. The van der Waals surface area contributed by atoms with E-state index in [2.05, 4.69) is 9.47 Å². The molecule has 2 aliphatic carbocycles. The Kier molecular flexibility index (Phi) is 4.73. The number of alkyl halides is 8. The van der Waals surface area contributed by atoms with E-state index in [9.17, 15) is 39.9 Å². The molecule has 2 rings (SSSR count). The Morgan fingerprint density at radius 2 is 1.42 bits per heavy atom. The summed E-state index contributed by atoms with van der Waals surface area (Å²) in [5.74, 6) is -10.7. The van der Waals surface area contributed by atoms with Crippen LogP contribution < -0.4 is 0 Å². The van der Waals surface area contributed by atoms with E-state index in [1.807, 2.05) is 0 Å². The summed E-state index contributed by atoms with van der Waals surface area (Å²) in [6.07, 6.45) is -15.8. The van der Waals surface area contributed by atoms with Gasteiger partial charge in [0.15, 0.2) is 0 Å². The number of hydrogen-bond acceptors (Lipinski definition) is 3. The van der Waals surface area contributed by atoms with Crippen LogP contribution in [0.15, 0.2) is 0 Å². The topological polar surface area (TPSA) is 35.5 Å². The van der Waals surface area contributed by atoms with Crippen molar-refractivity contribution < 1.29 is 49.4 Å². The third-order valence-electron chi connectivity index (χ3n) is 4.82. The Balaban J connectivity index is 2.57. The molecule has 3 nitrogen and oxygen atoms in total. The molecular weight excluding hydrogens is 380 g/mol. The monoisotopic (exact) mass is 398 g/mol. The van der Waals surface area contributed by atoms with Crippen molar-refractivity contribution in [2.45, 2.75) is 69.5 Å². The quantitative estimate of drug-likeness (QED) is 0.456. The van der Waals surface area contributed by atoms with Crippen molar-refractivity contribution >= 4 is 6.16 Å². The largest absolute Gasteiger partial charge is 0.510 e. The highest BCUT2D eigenvalue weighted by Crippen LogP contribution is 2.66. The minimum absolute atomic E-state index is 0.174. The van der Waals surface area contributed by atoms with Crippen molar-refractivity contribution in [2.24, 2.45) is 17.8 Å². The highest BCUT2D eigenvalue weighted by atomic mass is 19.4. The molecule has 2 bridgehead atoms. The van der Waals surface area contributed by atoms with Gasteiger partial charge in [0.2, 0.25) is 0 Å². The van der Waals surface area contributed by atoms with Crippen LogP contribution in [0.5, 0.6) is 0 Å².